The Morgan fingerprint density at radius 1 is 1.17 bits per heavy atom. The summed E-state index contributed by atoms with van der Waals surface area (Å²) in [5.74, 6) is 0.196. The predicted octanol–water partition coefficient (Wildman–Crippen LogP) is 4.39. The van der Waals surface area contributed by atoms with Gasteiger partial charge in [-0.3, -0.25) is 4.79 Å². The summed E-state index contributed by atoms with van der Waals surface area (Å²) >= 11 is 2.68. The third-order valence-corrected chi connectivity index (χ3v) is 6.49. The SMILES string of the molecule is COC(=O)c1c(C)[nH]c(C(=O)C(C)Sc2nnc(Nc3ccc(OC)cc3)s2)c1C. The number of ketones is 1. The molecule has 8 nitrogen and oxygen atoms in total. The van der Waals surface area contributed by atoms with Gasteiger partial charge in [-0.15, -0.1) is 10.2 Å². The second-order valence-corrected chi connectivity index (χ2v) is 9.03. The van der Waals surface area contributed by atoms with Crippen LogP contribution in [0.1, 0.15) is 39.0 Å². The number of hydrogen-bond donors (Lipinski definition) is 2. The van der Waals surface area contributed by atoms with E-state index in [-0.39, 0.29) is 5.78 Å². The van der Waals surface area contributed by atoms with Gasteiger partial charge in [0.25, 0.3) is 0 Å². The van der Waals surface area contributed by atoms with Gasteiger partial charge in [-0.2, -0.15) is 0 Å². The number of benzene rings is 1. The fourth-order valence-corrected chi connectivity index (χ4v) is 4.89. The number of Topliss-reactive ketones (excluding diaryl/α,β-unsaturated/α-hetero) is 1. The molecule has 3 aromatic rings. The first-order valence-electron chi connectivity index (χ1n) is 9.07. The third kappa shape index (κ3) is 4.65. The van der Waals surface area contributed by atoms with Gasteiger partial charge >= 0.3 is 5.97 Å². The fraction of sp³-hybridized carbons (Fsp3) is 0.300. The van der Waals surface area contributed by atoms with E-state index in [2.05, 4.69) is 20.5 Å². The van der Waals surface area contributed by atoms with Gasteiger partial charge in [0.15, 0.2) is 10.1 Å². The Morgan fingerprint density at radius 3 is 2.50 bits per heavy atom. The number of nitrogens with zero attached hydrogens (tertiary/aromatic N) is 2. The summed E-state index contributed by atoms with van der Waals surface area (Å²) in [6, 6.07) is 7.47. The van der Waals surface area contributed by atoms with E-state index in [1.54, 1.807) is 27.9 Å². The molecule has 0 bridgehead atoms. The minimum absolute atomic E-state index is 0.115. The summed E-state index contributed by atoms with van der Waals surface area (Å²) in [6.07, 6.45) is 0. The van der Waals surface area contributed by atoms with Gasteiger partial charge in [-0.1, -0.05) is 23.1 Å². The van der Waals surface area contributed by atoms with Crippen LogP contribution >= 0.6 is 23.1 Å². The molecule has 2 aromatic heterocycles. The van der Waals surface area contributed by atoms with E-state index in [9.17, 15) is 9.59 Å². The van der Waals surface area contributed by atoms with Gasteiger partial charge in [0.05, 0.1) is 30.7 Å². The van der Waals surface area contributed by atoms with E-state index in [4.69, 9.17) is 9.47 Å². The number of esters is 1. The molecular formula is C20H22N4O4S2. The van der Waals surface area contributed by atoms with Crippen molar-refractivity contribution in [1.82, 2.24) is 15.2 Å². The van der Waals surface area contributed by atoms with Crippen LogP contribution < -0.4 is 10.1 Å². The standard InChI is InChI=1S/C20H22N4O4S2/c1-10-15(18(26)28-5)11(2)21-16(10)17(25)12(3)29-20-24-23-19(30-20)22-13-6-8-14(27-4)9-7-13/h6-9,12,21H,1-5H3,(H,22,23). The Bertz CT molecular complexity index is 1060. The second kappa shape index (κ2) is 9.31. The van der Waals surface area contributed by atoms with Crippen molar-refractivity contribution in [2.75, 3.05) is 19.5 Å². The molecule has 2 heterocycles. The smallest absolute Gasteiger partial charge is 0.339 e. The van der Waals surface area contributed by atoms with Gasteiger partial charge in [0, 0.05) is 11.4 Å². The summed E-state index contributed by atoms with van der Waals surface area (Å²) in [6.45, 7) is 5.29. The van der Waals surface area contributed by atoms with Crippen molar-refractivity contribution in [2.24, 2.45) is 0 Å². The number of carbonyl (C=O) groups is 2. The second-order valence-electron chi connectivity index (χ2n) is 6.47. The highest BCUT2D eigenvalue weighted by Crippen LogP contribution is 2.32. The molecule has 3 rings (SSSR count). The Kier molecular flexibility index (Phi) is 6.78. The van der Waals surface area contributed by atoms with Gasteiger partial charge in [0.1, 0.15) is 5.75 Å². The number of methoxy groups -OCH3 is 2. The monoisotopic (exact) mass is 446 g/mol. The van der Waals surface area contributed by atoms with E-state index in [0.717, 1.165) is 11.4 Å². The maximum atomic E-state index is 12.9. The summed E-state index contributed by atoms with van der Waals surface area (Å²) in [4.78, 5) is 27.9. The van der Waals surface area contributed by atoms with Gasteiger partial charge in [-0.05, 0) is 50.6 Å². The molecule has 0 aliphatic rings. The van der Waals surface area contributed by atoms with Crippen LogP contribution in [0.25, 0.3) is 0 Å². The van der Waals surface area contributed by atoms with Gasteiger partial charge < -0.3 is 19.8 Å². The Morgan fingerprint density at radius 2 is 1.87 bits per heavy atom. The number of anilines is 2. The normalized spacial score (nSPS) is 11.8. The largest absolute Gasteiger partial charge is 0.497 e. The summed E-state index contributed by atoms with van der Waals surface area (Å²) in [7, 11) is 2.94. The minimum Gasteiger partial charge on any atom is -0.497 e. The molecule has 2 N–H and O–H groups in total. The lowest BCUT2D eigenvalue weighted by atomic mass is 10.1. The van der Waals surface area contributed by atoms with Crippen molar-refractivity contribution >= 4 is 45.7 Å². The number of rotatable bonds is 8. The van der Waals surface area contributed by atoms with Crippen LogP contribution in [0.4, 0.5) is 10.8 Å². The number of hydrogen-bond acceptors (Lipinski definition) is 9. The van der Waals surface area contributed by atoms with E-state index < -0.39 is 11.2 Å². The molecule has 0 amide bonds. The Hall–Kier alpha value is -2.85. The first-order chi connectivity index (χ1) is 14.3. The van der Waals surface area contributed by atoms with E-state index in [0.29, 0.717) is 32.0 Å². The van der Waals surface area contributed by atoms with Crippen LogP contribution in [0.2, 0.25) is 0 Å². The van der Waals surface area contributed by atoms with Crippen molar-refractivity contribution in [3.05, 3.63) is 46.8 Å². The molecule has 158 valence electrons. The lowest BCUT2D eigenvalue weighted by molar-refractivity contribution is 0.0599. The van der Waals surface area contributed by atoms with Crippen molar-refractivity contribution in [2.45, 2.75) is 30.4 Å². The minimum atomic E-state index is -0.459. The summed E-state index contributed by atoms with van der Waals surface area (Å²) in [5.41, 5.74) is 2.88. The number of carbonyl (C=O) groups excluding carboxylic acids is 2. The van der Waals surface area contributed by atoms with Gasteiger partial charge in [-0.25, -0.2) is 4.79 Å². The Labute approximate surface area is 182 Å². The average Bonchev–Trinajstić information content (AvgIpc) is 3.30. The van der Waals surface area contributed by atoms with Crippen LogP contribution in [-0.2, 0) is 4.74 Å². The number of ether oxygens (including phenoxy) is 2. The molecule has 0 aliphatic heterocycles. The number of nitrogens with one attached hydrogen (secondary N) is 2. The lowest BCUT2D eigenvalue weighted by Gasteiger charge is -2.07. The quantitative estimate of drug-likeness (QED) is 0.298. The zero-order valence-corrected chi connectivity index (χ0v) is 18.9. The van der Waals surface area contributed by atoms with Crippen molar-refractivity contribution in [3.63, 3.8) is 0 Å². The van der Waals surface area contributed by atoms with E-state index in [1.807, 2.05) is 24.3 Å². The van der Waals surface area contributed by atoms with Crippen molar-refractivity contribution in [3.8, 4) is 5.75 Å². The van der Waals surface area contributed by atoms with Crippen molar-refractivity contribution < 1.29 is 19.1 Å². The van der Waals surface area contributed by atoms with Crippen LogP contribution in [0.3, 0.4) is 0 Å². The molecule has 30 heavy (non-hydrogen) atoms. The molecule has 0 saturated heterocycles. The van der Waals surface area contributed by atoms with E-state index >= 15 is 0 Å². The first-order valence-corrected chi connectivity index (χ1v) is 10.8. The molecular weight excluding hydrogens is 424 g/mol. The molecule has 0 saturated carbocycles. The molecule has 0 fully saturated rings. The molecule has 0 radical (unpaired) electrons. The number of aryl methyl sites for hydroxylation is 1. The van der Waals surface area contributed by atoms with Crippen LogP contribution in [0, 0.1) is 13.8 Å². The molecule has 0 spiro atoms. The maximum Gasteiger partial charge on any atom is 0.339 e. The number of aromatic amines is 1. The van der Waals surface area contributed by atoms with Gasteiger partial charge in [0.2, 0.25) is 5.13 Å². The molecule has 1 atom stereocenters. The number of aromatic nitrogens is 3. The zero-order valence-electron chi connectivity index (χ0n) is 17.2. The highest BCUT2D eigenvalue weighted by Gasteiger charge is 2.26. The van der Waals surface area contributed by atoms with Crippen LogP contribution in [0.5, 0.6) is 5.75 Å². The number of thioether (sulfide) groups is 1. The summed E-state index contributed by atoms with van der Waals surface area (Å²) in [5, 5.41) is 11.7. The van der Waals surface area contributed by atoms with E-state index in [1.165, 1.54) is 30.2 Å². The first kappa shape index (κ1) is 21.8. The fourth-order valence-electron chi connectivity index (χ4n) is 2.92. The van der Waals surface area contributed by atoms with Crippen LogP contribution in [-0.4, -0.2) is 46.4 Å². The highest BCUT2D eigenvalue weighted by atomic mass is 32.2. The highest BCUT2D eigenvalue weighted by molar-refractivity contribution is 8.02. The number of H-pyrrole nitrogens is 1. The predicted molar refractivity (Wildman–Crippen MR) is 117 cm³/mol. The molecule has 0 aliphatic carbocycles. The lowest BCUT2D eigenvalue weighted by Crippen LogP contribution is -2.15. The third-order valence-electron chi connectivity index (χ3n) is 4.47. The molecule has 10 heteroatoms. The zero-order chi connectivity index (χ0) is 21.8. The molecule has 1 aromatic carbocycles. The van der Waals surface area contributed by atoms with Crippen LogP contribution in [0.15, 0.2) is 28.6 Å². The molecule has 1 unspecified atom stereocenters. The maximum absolute atomic E-state index is 12.9. The topological polar surface area (TPSA) is 106 Å². The Balaban J connectivity index is 1.68. The van der Waals surface area contributed by atoms with Crippen molar-refractivity contribution in [1.29, 1.82) is 0 Å². The summed E-state index contributed by atoms with van der Waals surface area (Å²) < 4.78 is 10.6. The average molecular weight is 447 g/mol.